The second-order valence-electron chi connectivity index (χ2n) is 5.33. The molecule has 0 amide bonds. The standard InChI is InChI=1S/C18H13ClFN5O/c19-13-4-2-1-3-11(13)9-26-15-6-5-10(7-14(15)20)16-12(8-21)17(22)25-18(23)24-16/h1-7H,9H2,(H4,22,23,24,25). The lowest BCUT2D eigenvalue weighted by atomic mass is 10.1. The van der Waals surface area contributed by atoms with Crippen LogP contribution < -0.4 is 16.2 Å². The molecule has 0 fully saturated rings. The number of nitriles is 1. The minimum atomic E-state index is -0.616. The maximum Gasteiger partial charge on any atom is 0.222 e. The van der Waals surface area contributed by atoms with Gasteiger partial charge in [-0.3, -0.25) is 0 Å². The number of hydrogen-bond donors (Lipinski definition) is 2. The smallest absolute Gasteiger partial charge is 0.222 e. The molecule has 3 aromatic rings. The van der Waals surface area contributed by atoms with Crippen LogP contribution in [0.2, 0.25) is 5.02 Å². The van der Waals surface area contributed by atoms with Crippen LogP contribution in [-0.2, 0) is 6.61 Å². The summed E-state index contributed by atoms with van der Waals surface area (Å²) < 4.78 is 19.9. The predicted molar refractivity (Wildman–Crippen MR) is 96.7 cm³/mol. The molecule has 2 aromatic carbocycles. The Balaban J connectivity index is 1.89. The summed E-state index contributed by atoms with van der Waals surface area (Å²) in [5, 5.41) is 9.77. The number of halogens is 2. The van der Waals surface area contributed by atoms with Crippen LogP contribution in [0.15, 0.2) is 42.5 Å². The normalized spacial score (nSPS) is 10.3. The van der Waals surface area contributed by atoms with E-state index < -0.39 is 5.82 Å². The fourth-order valence-electron chi connectivity index (χ4n) is 2.35. The molecule has 0 bridgehead atoms. The molecule has 4 N–H and O–H groups in total. The molecule has 130 valence electrons. The largest absolute Gasteiger partial charge is 0.486 e. The number of ether oxygens (including phenoxy) is 1. The average Bonchev–Trinajstić information content (AvgIpc) is 2.61. The van der Waals surface area contributed by atoms with Gasteiger partial charge in [0.05, 0.1) is 5.69 Å². The zero-order valence-electron chi connectivity index (χ0n) is 13.4. The lowest BCUT2D eigenvalue weighted by Gasteiger charge is -2.11. The first-order valence-electron chi connectivity index (χ1n) is 7.49. The van der Waals surface area contributed by atoms with Crippen LogP contribution in [0.4, 0.5) is 16.2 Å². The van der Waals surface area contributed by atoms with E-state index in [0.29, 0.717) is 10.6 Å². The summed E-state index contributed by atoms with van der Waals surface area (Å²) in [6, 6.07) is 13.2. The highest BCUT2D eigenvalue weighted by Crippen LogP contribution is 2.29. The predicted octanol–water partition coefficient (Wildman–Crippen LogP) is 3.55. The van der Waals surface area contributed by atoms with Crippen LogP contribution in [0.5, 0.6) is 5.75 Å². The molecule has 0 radical (unpaired) electrons. The van der Waals surface area contributed by atoms with E-state index in [2.05, 4.69) is 9.97 Å². The van der Waals surface area contributed by atoms with E-state index >= 15 is 0 Å². The molecular weight excluding hydrogens is 357 g/mol. The molecule has 0 aliphatic rings. The van der Waals surface area contributed by atoms with Crippen molar-refractivity contribution in [2.24, 2.45) is 0 Å². The van der Waals surface area contributed by atoms with E-state index in [0.717, 1.165) is 5.56 Å². The van der Waals surface area contributed by atoms with Gasteiger partial charge < -0.3 is 16.2 Å². The van der Waals surface area contributed by atoms with Gasteiger partial charge in [-0.05, 0) is 24.3 Å². The number of hydrogen-bond acceptors (Lipinski definition) is 6. The molecule has 0 aliphatic carbocycles. The SMILES string of the molecule is N#Cc1c(N)nc(N)nc1-c1ccc(OCc2ccccc2Cl)c(F)c1. The maximum absolute atomic E-state index is 14.4. The molecule has 26 heavy (non-hydrogen) atoms. The Kier molecular flexibility index (Phi) is 4.87. The number of nitrogens with zero attached hydrogens (tertiary/aromatic N) is 3. The van der Waals surface area contributed by atoms with E-state index in [4.69, 9.17) is 27.8 Å². The summed E-state index contributed by atoms with van der Waals surface area (Å²) in [7, 11) is 0. The van der Waals surface area contributed by atoms with Gasteiger partial charge >= 0.3 is 0 Å². The molecule has 1 heterocycles. The molecule has 6 nitrogen and oxygen atoms in total. The van der Waals surface area contributed by atoms with Gasteiger partial charge in [0.2, 0.25) is 5.95 Å². The van der Waals surface area contributed by atoms with Crippen LogP contribution >= 0.6 is 11.6 Å². The fraction of sp³-hybridized carbons (Fsp3) is 0.0556. The molecule has 0 unspecified atom stereocenters. The second-order valence-corrected chi connectivity index (χ2v) is 5.73. The Labute approximate surface area is 153 Å². The van der Waals surface area contributed by atoms with Crippen molar-refractivity contribution in [2.75, 3.05) is 11.5 Å². The molecule has 3 rings (SSSR count). The highest BCUT2D eigenvalue weighted by atomic mass is 35.5. The zero-order chi connectivity index (χ0) is 18.7. The number of anilines is 2. The van der Waals surface area contributed by atoms with Gasteiger partial charge in [-0.1, -0.05) is 29.8 Å². The number of aromatic nitrogens is 2. The first-order chi connectivity index (χ1) is 12.5. The topological polar surface area (TPSA) is 111 Å². The average molecular weight is 370 g/mol. The summed E-state index contributed by atoms with van der Waals surface area (Å²) in [6.45, 7) is 0.118. The van der Waals surface area contributed by atoms with Crippen LogP contribution in [0.25, 0.3) is 11.3 Å². The maximum atomic E-state index is 14.4. The van der Waals surface area contributed by atoms with Crippen molar-refractivity contribution in [1.82, 2.24) is 9.97 Å². The van der Waals surface area contributed by atoms with Crippen molar-refractivity contribution in [3.63, 3.8) is 0 Å². The zero-order valence-corrected chi connectivity index (χ0v) is 14.2. The van der Waals surface area contributed by atoms with Crippen molar-refractivity contribution < 1.29 is 9.13 Å². The summed E-state index contributed by atoms with van der Waals surface area (Å²) >= 11 is 6.06. The van der Waals surface area contributed by atoms with Crippen LogP contribution in [-0.4, -0.2) is 9.97 Å². The van der Waals surface area contributed by atoms with Crippen LogP contribution in [0, 0.1) is 17.1 Å². The summed E-state index contributed by atoms with van der Waals surface area (Å²) in [5.74, 6) is -0.734. The number of benzene rings is 2. The number of nitrogen functional groups attached to an aromatic ring is 2. The monoisotopic (exact) mass is 369 g/mol. The first kappa shape index (κ1) is 17.5. The van der Waals surface area contributed by atoms with E-state index in [-0.39, 0.29) is 35.4 Å². The minimum Gasteiger partial charge on any atom is -0.486 e. The third-order valence-electron chi connectivity index (χ3n) is 3.61. The van der Waals surface area contributed by atoms with Gasteiger partial charge in [0.15, 0.2) is 11.6 Å². The molecular formula is C18H13ClFN5O. The molecule has 0 aliphatic heterocycles. The third kappa shape index (κ3) is 3.50. The van der Waals surface area contributed by atoms with E-state index in [1.807, 2.05) is 12.1 Å². The van der Waals surface area contributed by atoms with E-state index in [1.165, 1.54) is 12.1 Å². The third-order valence-corrected chi connectivity index (χ3v) is 3.98. The quantitative estimate of drug-likeness (QED) is 0.727. The van der Waals surface area contributed by atoms with Gasteiger partial charge in [-0.15, -0.1) is 0 Å². The number of rotatable bonds is 4. The Morgan fingerprint density at radius 3 is 2.62 bits per heavy atom. The van der Waals surface area contributed by atoms with Gasteiger partial charge in [-0.2, -0.15) is 10.2 Å². The van der Waals surface area contributed by atoms with Gasteiger partial charge in [0.25, 0.3) is 0 Å². The Hall–Kier alpha value is -3.37. The highest BCUT2D eigenvalue weighted by Gasteiger charge is 2.15. The summed E-state index contributed by atoms with van der Waals surface area (Å²) in [6.07, 6.45) is 0. The molecule has 0 spiro atoms. The minimum absolute atomic E-state index is 0.0309. The van der Waals surface area contributed by atoms with E-state index in [1.54, 1.807) is 24.3 Å². The van der Waals surface area contributed by atoms with Crippen molar-refractivity contribution in [3.8, 4) is 23.1 Å². The Morgan fingerprint density at radius 2 is 1.92 bits per heavy atom. The summed E-state index contributed by atoms with van der Waals surface area (Å²) in [5.41, 5.74) is 12.5. The Morgan fingerprint density at radius 1 is 1.15 bits per heavy atom. The molecule has 8 heteroatoms. The van der Waals surface area contributed by atoms with E-state index in [9.17, 15) is 9.65 Å². The molecule has 0 saturated carbocycles. The molecule has 0 saturated heterocycles. The van der Waals surface area contributed by atoms with Gasteiger partial charge in [0.1, 0.15) is 24.1 Å². The molecule has 0 atom stereocenters. The van der Waals surface area contributed by atoms with Gasteiger partial charge in [0, 0.05) is 16.1 Å². The van der Waals surface area contributed by atoms with Gasteiger partial charge in [-0.25, -0.2) is 9.37 Å². The van der Waals surface area contributed by atoms with Crippen molar-refractivity contribution in [1.29, 1.82) is 5.26 Å². The second kappa shape index (κ2) is 7.25. The van der Waals surface area contributed by atoms with Crippen molar-refractivity contribution in [3.05, 3.63) is 64.4 Å². The van der Waals surface area contributed by atoms with Crippen LogP contribution in [0.3, 0.4) is 0 Å². The number of nitrogens with two attached hydrogens (primary N) is 2. The lowest BCUT2D eigenvalue weighted by molar-refractivity contribution is 0.290. The molecule has 1 aromatic heterocycles. The lowest BCUT2D eigenvalue weighted by Crippen LogP contribution is -2.05. The van der Waals surface area contributed by atoms with Crippen molar-refractivity contribution in [2.45, 2.75) is 6.61 Å². The Bertz CT molecular complexity index is 1020. The van der Waals surface area contributed by atoms with Crippen molar-refractivity contribution >= 4 is 23.4 Å². The summed E-state index contributed by atoms with van der Waals surface area (Å²) in [4.78, 5) is 7.72. The fourth-order valence-corrected chi connectivity index (χ4v) is 2.54. The van der Waals surface area contributed by atoms with Crippen LogP contribution in [0.1, 0.15) is 11.1 Å². The highest BCUT2D eigenvalue weighted by molar-refractivity contribution is 6.31. The first-order valence-corrected chi connectivity index (χ1v) is 7.86.